The smallest absolute Gasteiger partial charge is 0.434 e. The van der Waals surface area contributed by atoms with Crippen LogP contribution in [0.1, 0.15) is 6.42 Å². The number of halogens is 6. The van der Waals surface area contributed by atoms with E-state index >= 15 is 0 Å². The van der Waals surface area contributed by atoms with Gasteiger partial charge in [-0.05, 0) is 45.2 Å². The normalized spacial score (nSPS) is 13.7. The molecule has 0 heterocycles. The second-order valence-corrected chi connectivity index (χ2v) is 17.2. The van der Waals surface area contributed by atoms with Gasteiger partial charge in [-0.1, -0.05) is 0 Å². The Hall–Kier alpha value is -1.39. The second-order valence-electron chi connectivity index (χ2n) is 8.09. The van der Waals surface area contributed by atoms with Crippen LogP contribution in [0, 0.1) is 0 Å². The van der Waals surface area contributed by atoms with Gasteiger partial charge in [0.1, 0.15) is 6.61 Å². The third-order valence-electron chi connectivity index (χ3n) is 3.31. The Morgan fingerprint density at radius 1 is 0.839 bits per heavy atom. The standard InChI is InChI=1S/C17H28F6O6Si2/c1-30(2,3)29-31(4,5)12-6-9-26-10-11-27-13(24)7-8-14(25)28-15(16(18,19)20)17(21,22)23/h7-8,15H,6,9-12H2,1-5H3/b8-7+. The molecule has 0 aromatic heterocycles. The lowest BCUT2D eigenvalue weighted by atomic mass is 10.3. The Kier molecular flexibility index (Phi) is 11.5. The van der Waals surface area contributed by atoms with Gasteiger partial charge in [-0.15, -0.1) is 0 Å². The molecule has 0 rings (SSSR count). The Balaban J connectivity index is 4.17. The Morgan fingerprint density at radius 3 is 1.84 bits per heavy atom. The van der Waals surface area contributed by atoms with Crippen molar-refractivity contribution in [2.24, 2.45) is 0 Å². The average Bonchev–Trinajstić information content (AvgIpc) is 2.52. The van der Waals surface area contributed by atoms with Crippen LogP contribution in [0.4, 0.5) is 26.3 Å². The van der Waals surface area contributed by atoms with Crippen molar-refractivity contribution >= 4 is 28.6 Å². The fourth-order valence-corrected chi connectivity index (χ4v) is 10.5. The van der Waals surface area contributed by atoms with Crippen molar-refractivity contribution < 1.29 is 54.3 Å². The van der Waals surface area contributed by atoms with Gasteiger partial charge in [0.05, 0.1) is 6.61 Å². The minimum Gasteiger partial charge on any atom is -0.460 e. The first kappa shape index (κ1) is 29.6. The summed E-state index contributed by atoms with van der Waals surface area (Å²) in [4.78, 5) is 22.5. The van der Waals surface area contributed by atoms with Crippen LogP contribution in [0.3, 0.4) is 0 Å². The molecule has 0 saturated carbocycles. The molecule has 0 saturated heterocycles. The van der Waals surface area contributed by atoms with E-state index in [-0.39, 0.29) is 19.3 Å². The maximum atomic E-state index is 12.3. The Labute approximate surface area is 179 Å². The molecule has 0 unspecified atom stereocenters. The molecule has 0 N–H and O–H groups in total. The summed E-state index contributed by atoms with van der Waals surface area (Å²) in [5.74, 6) is -3.13. The van der Waals surface area contributed by atoms with Crippen LogP contribution in [-0.4, -0.2) is 66.9 Å². The number of ether oxygens (including phenoxy) is 3. The van der Waals surface area contributed by atoms with Gasteiger partial charge >= 0.3 is 24.3 Å². The zero-order valence-electron chi connectivity index (χ0n) is 18.0. The fourth-order valence-electron chi connectivity index (χ4n) is 2.44. The summed E-state index contributed by atoms with van der Waals surface area (Å²) in [5, 5.41) is 0. The molecule has 14 heteroatoms. The summed E-state index contributed by atoms with van der Waals surface area (Å²) in [6.45, 7) is 10.8. The molecule has 0 spiro atoms. The quantitative estimate of drug-likeness (QED) is 0.129. The molecule has 6 nitrogen and oxygen atoms in total. The minimum atomic E-state index is -5.84. The summed E-state index contributed by atoms with van der Waals surface area (Å²) < 4.78 is 93.1. The molecule has 0 aliphatic rings. The van der Waals surface area contributed by atoms with Crippen molar-refractivity contribution in [3.63, 3.8) is 0 Å². The van der Waals surface area contributed by atoms with Crippen LogP contribution >= 0.6 is 0 Å². The van der Waals surface area contributed by atoms with Gasteiger partial charge in [-0.25, -0.2) is 9.59 Å². The van der Waals surface area contributed by atoms with E-state index in [4.69, 9.17) is 8.85 Å². The first-order valence-electron chi connectivity index (χ1n) is 9.30. The van der Waals surface area contributed by atoms with Gasteiger partial charge < -0.3 is 18.3 Å². The van der Waals surface area contributed by atoms with E-state index in [1.165, 1.54) is 0 Å². The van der Waals surface area contributed by atoms with Gasteiger partial charge in [-0.3, -0.25) is 0 Å². The van der Waals surface area contributed by atoms with E-state index in [9.17, 15) is 35.9 Å². The lowest BCUT2D eigenvalue weighted by Gasteiger charge is -2.31. The first-order chi connectivity index (χ1) is 13.8. The van der Waals surface area contributed by atoms with Crippen molar-refractivity contribution in [2.75, 3.05) is 19.8 Å². The van der Waals surface area contributed by atoms with Crippen LogP contribution in [0.25, 0.3) is 0 Å². The van der Waals surface area contributed by atoms with Crippen LogP contribution in [0.2, 0.25) is 38.8 Å². The monoisotopic (exact) mass is 498 g/mol. The number of carbonyl (C=O) groups is 2. The molecule has 0 aliphatic heterocycles. The molecule has 0 bridgehead atoms. The van der Waals surface area contributed by atoms with Crippen LogP contribution in [0.15, 0.2) is 12.2 Å². The molecule has 0 fully saturated rings. The highest BCUT2D eigenvalue weighted by molar-refractivity contribution is 6.84. The van der Waals surface area contributed by atoms with E-state index in [1.807, 2.05) is 0 Å². The van der Waals surface area contributed by atoms with Crippen LogP contribution in [-0.2, 0) is 27.9 Å². The second kappa shape index (κ2) is 12.0. The number of hydrogen-bond acceptors (Lipinski definition) is 6. The van der Waals surface area contributed by atoms with Gasteiger partial charge in [0.2, 0.25) is 0 Å². The molecule has 0 aliphatic carbocycles. The molecular formula is C17H28F6O6Si2. The van der Waals surface area contributed by atoms with Gasteiger partial charge in [0, 0.05) is 18.8 Å². The minimum absolute atomic E-state index is 0.0328. The third-order valence-corrected chi connectivity index (χ3v) is 9.52. The summed E-state index contributed by atoms with van der Waals surface area (Å²) in [6.07, 6.45) is -14.7. The highest BCUT2D eigenvalue weighted by Gasteiger charge is 2.59. The van der Waals surface area contributed by atoms with Crippen molar-refractivity contribution in [1.29, 1.82) is 0 Å². The maximum Gasteiger partial charge on any atom is 0.434 e. The topological polar surface area (TPSA) is 71.1 Å². The summed E-state index contributed by atoms with van der Waals surface area (Å²) in [6, 6.07) is 0.888. The Morgan fingerprint density at radius 2 is 1.35 bits per heavy atom. The fraction of sp³-hybridized carbons (Fsp3) is 0.765. The van der Waals surface area contributed by atoms with Crippen molar-refractivity contribution in [2.45, 2.75) is 63.7 Å². The molecule has 31 heavy (non-hydrogen) atoms. The van der Waals surface area contributed by atoms with Gasteiger partial charge in [0.15, 0.2) is 16.6 Å². The molecular weight excluding hydrogens is 470 g/mol. The predicted octanol–water partition coefficient (Wildman–Crippen LogP) is 4.59. The predicted molar refractivity (Wildman–Crippen MR) is 104 cm³/mol. The zero-order chi connectivity index (χ0) is 24.5. The molecule has 0 atom stereocenters. The van der Waals surface area contributed by atoms with E-state index in [2.05, 4.69) is 42.2 Å². The first-order valence-corrected chi connectivity index (χ1v) is 15.8. The summed E-state index contributed by atoms with van der Waals surface area (Å²) >= 11 is 0. The third kappa shape index (κ3) is 15.1. The number of rotatable bonds is 12. The lowest BCUT2D eigenvalue weighted by Crippen LogP contribution is -2.45. The van der Waals surface area contributed by atoms with E-state index in [1.54, 1.807) is 0 Å². The van der Waals surface area contributed by atoms with Crippen LogP contribution < -0.4 is 0 Å². The van der Waals surface area contributed by atoms with Crippen molar-refractivity contribution in [1.82, 2.24) is 0 Å². The number of hydrogen-bond donors (Lipinski definition) is 0. The SMILES string of the molecule is C[Si](C)(C)O[Si](C)(C)CCCOCCOC(=O)/C=C/C(=O)OC(C(F)(F)F)C(F)(F)F. The molecule has 0 aromatic carbocycles. The molecule has 182 valence electrons. The van der Waals surface area contributed by atoms with Crippen LogP contribution in [0.5, 0.6) is 0 Å². The summed E-state index contributed by atoms with van der Waals surface area (Å²) in [5.41, 5.74) is 0. The lowest BCUT2D eigenvalue weighted by molar-refractivity contribution is -0.312. The number of carbonyl (C=O) groups excluding carboxylic acids is 2. The van der Waals surface area contributed by atoms with Gasteiger partial charge in [0.25, 0.3) is 6.10 Å². The highest BCUT2D eigenvalue weighted by atomic mass is 28.4. The molecule has 0 radical (unpaired) electrons. The summed E-state index contributed by atoms with van der Waals surface area (Å²) in [7, 11) is -3.40. The molecule has 0 amide bonds. The maximum absolute atomic E-state index is 12.3. The number of esters is 2. The molecule has 0 aromatic rings. The Bertz CT molecular complexity index is 600. The van der Waals surface area contributed by atoms with Crippen molar-refractivity contribution in [3.8, 4) is 0 Å². The van der Waals surface area contributed by atoms with E-state index in [0.717, 1.165) is 12.5 Å². The largest absolute Gasteiger partial charge is 0.460 e. The van der Waals surface area contributed by atoms with E-state index < -0.39 is 47.0 Å². The zero-order valence-corrected chi connectivity index (χ0v) is 20.0. The van der Waals surface area contributed by atoms with E-state index in [0.29, 0.717) is 12.7 Å². The van der Waals surface area contributed by atoms with Gasteiger partial charge in [-0.2, -0.15) is 26.3 Å². The van der Waals surface area contributed by atoms with Crippen molar-refractivity contribution in [3.05, 3.63) is 12.2 Å². The highest BCUT2D eigenvalue weighted by Crippen LogP contribution is 2.35. The average molecular weight is 499 g/mol. The number of alkyl halides is 6.